The largest absolute Gasteiger partial charge is 0.309 e. The fourth-order valence-corrected chi connectivity index (χ4v) is 2.99. The van der Waals surface area contributed by atoms with Crippen molar-refractivity contribution in [3.05, 3.63) is 0 Å². The van der Waals surface area contributed by atoms with E-state index < -0.39 is 0 Å². The monoisotopic (exact) mass is 241 g/mol. The SMILES string of the molecule is CCCCCCC(C)NC(C)(C)CC(C)(C)C. The molecule has 17 heavy (non-hydrogen) atoms. The third-order valence-electron chi connectivity index (χ3n) is 3.10. The third-order valence-corrected chi connectivity index (χ3v) is 3.10. The van der Waals surface area contributed by atoms with E-state index in [-0.39, 0.29) is 5.54 Å². The quantitative estimate of drug-likeness (QED) is 0.579. The number of rotatable bonds is 8. The minimum atomic E-state index is 0.252. The van der Waals surface area contributed by atoms with E-state index in [1.54, 1.807) is 0 Å². The molecular formula is C16H35N. The van der Waals surface area contributed by atoms with E-state index in [1.807, 2.05) is 0 Å². The number of unbranched alkanes of at least 4 members (excludes halogenated alkanes) is 3. The van der Waals surface area contributed by atoms with Crippen LogP contribution in [0.25, 0.3) is 0 Å². The lowest BCUT2D eigenvalue weighted by atomic mass is 9.81. The van der Waals surface area contributed by atoms with Crippen LogP contribution in [0.3, 0.4) is 0 Å². The average Bonchev–Trinajstić information content (AvgIpc) is 2.07. The van der Waals surface area contributed by atoms with Crippen LogP contribution in [0.5, 0.6) is 0 Å². The maximum atomic E-state index is 3.79. The molecule has 0 fully saturated rings. The molecule has 0 aromatic heterocycles. The Hall–Kier alpha value is -0.0400. The van der Waals surface area contributed by atoms with Crippen LogP contribution in [-0.2, 0) is 0 Å². The molecule has 0 bridgehead atoms. The maximum Gasteiger partial charge on any atom is 0.0132 e. The lowest BCUT2D eigenvalue weighted by molar-refractivity contribution is 0.222. The smallest absolute Gasteiger partial charge is 0.0132 e. The van der Waals surface area contributed by atoms with Crippen LogP contribution in [0.15, 0.2) is 0 Å². The fraction of sp³-hybridized carbons (Fsp3) is 1.00. The highest BCUT2D eigenvalue weighted by molar-refractivity contribution is 4.85. The lowest BCUT2D eigenvalue weighted by Gasteiger charge is -2.36. The van der Waals surface area contributed by atoms with Crippen molar-refractivity contribution in [2.45, 2.75) is 98.6 Å². The molecule has 104 valence electrons. The molecule has 0 spiro atoms. The molecule has 0 rings (SSSR count). The maximum absolute atomic E-state index is 3.79. The molecule has 0 saturated heterocycles. The van der Waals surface area contributed by atoms with E-state index in [0.29, 0.717) is 11.5 Å². The van der Waals surface area contributed by atoms with Gasteiger partial charge in [0, 0.05) is 11.6 Å². The van der Waals surface area contributed by atoms with Crippen LogP contribution in [0.1, 0.15) is 87.0 Å². The van der Waals surface area contributed by atoms with Gasteiger partial charge >= 0.3 is 0 Å². The molecule has 0 amide bonds. The average molecular weight is 241 g/mol. The first-order valence-corrected chi connectivity index (χ1v) is 7.44. The van der Waals surface area contributed by atoms with Crippen molar-refractivity contribution in [2.75, 3.05) is 0 Å². The summed E-state index contributed by atoms with van der Waals surface area (Å²) >= 11 is 0. The van der Waals surface area contributed by atoms with Gasteiger partial charge in [-0.2, -0.15) is 0 Å². The molecule has 1 N–H and O–H groups in total. The van der Waals surface area contributed by atoms with E-state index in [1.165, 1.54) is 38.5 Å². The third kappa shape index (κ3) is 10.8. The second kappa shape index (κ2) is 7.41. The minimum Gasteiger partial charge on any atom is -0.309 e. The van der Waals surface area contributed by atoms with Crippen molar-refractivity contribution in [1.82, 2.24) is 5.32 Å². The summed E-state index contributed by atoms with van der Waals surface area (Å²) < 4.78 is 0. The molecule has 0 radical (unpaired) electrons. The molecule has 0 saturated carbocycles. The first-order valence-electron chi connectivity index (χ1n) is 7.44. The first-order chi connectivity index (χ1) is 7.66. The Morgan fingerprint density at radius 1 is 0.941 bits per heavy atom. The van der Waals surface area contributed by atoms with Crippen molar-refractivity contribution in [2.24, 2.45) is 5.41 Å². The minimum absolute atomic E-state index is 0.252. The summed E-state index contributed by atoms with van der Waals surface area (Å²) in [5, 5.41) is 3.79. The van der Waals surface area contributed by atoms with Crippen LogP contribution >= 0.6 is 0 Å². The summed E-state index contributed by atoms with van der Waals surface area (Å²) in [6.45, 7) is 16.2. The molecule has 1 unspecified atom stereocenters. The van der Waals surface area contributed by atoms with Crippen molar-refractivity contribution in [3.63, 3.8) is 0 Å². The zero-order valence-corrected chi connectivity index (χ0v) is 13.3. The molecular weight excluding hydrogens is 206 g/mol. The van der Waals surface area contributed by atoms with Gasteiger partial charge in [-0.05, 0) is 39.0 Å². The Balaban J connectivity index is 3.88. The van der Waals surface area contributed by atoms with E-state index in [2.05, 4.69) is 53.8 Å². The van der Waals surface area contributed by atoms with Gasteiger partial charge in [0.15, 0.2) is 0 Å². The van der Waals surface area contributed by atoms with Crippen LogP contribution < -0.4 is 5.32 Å². The highest BCUT2D eigenvalue weighted by Gasteiger charge is 2.26. The molecule has 0 aliphatic carbocycles. The normalized spacial score (nSPS) is 15.0. The molecule has 1 nitrogen and oxygen atoms in total. The summed E-state index contributed by atoms with van der Waals surface area (Å²) in [4.78, 5) is 0. The molecule has 0 aromatic rings. The summed E-state index contributed by atoms with van der Waals surface area (Å²) in [5.74, 6) is 0. The Morgan fingerprint density at radius 3 is 2.00 bits per heavy atom. The Kier molecular flexibility index (Phi) is 7.39. The van der Waals surface area contributed by atoms with Gasteiger partial charge in [0.1, 0.15) is 0 Å². The fourth-order valence-electron chi connectivity index (χ4n) is 2.99. The van der Waals surface area contributed by atoms with Crippen LogP contribution in [0, 0.1) is 5.41 Å². The molecule has 1 heteroatoms. The van der Waals surface area contributed by atoms with Gasteiger partial charge in [0.25, 0.3) is 0 Å². The molecule has 0 aromatic carbocycles. The summed E-state index contributed by atoms with van der Waals surface area (Å²) in [5.41, 5.74) is 0.654. The number of hydrogen-bond donors (Lipinski definition) is 1. The number of hydrogen-bond acceptors (Lipinski definition) is 1. The van der Waals surface area contributed by atoms with Crippen LogP contribution in [0.2, 0.25) is 0 Å². The van der Waals surface area contributed by atoms with Gasteiger partial charge in [-0.3, -0.25) is 0 Å². The van der Waals surface area contributed by atoms with Gasteiger partial charge in [-0.15, -0.1) is 0 Å². The van der Waals surface area contributed by atoms with E-state index >= 15 is 0 Å². The van der Waals surface area contributed by atoms with Crippen LogP contribution in [-0.4, -0.2) is 11.6 Å². The van der Waals surface area contributed by atoms with Crippen molar-refractivity contribution in [1.29, 1.82) is 0 Å². The molecule has 0 aliphatic heterocycles. The zero-order chi connectivity index (χ0) is 13.5. The van der Waals surface area contributed by atoms with Crippen molar-refractivity contribution >= 4 is 0 Å². The summed E-state index contributed by atoms with van der Waals surface area (Å²) in [7, 11) is 0. The lowest BCUT2D eigenvalue weighted by Crippen LogP contribution is -2.46. The molecule has 1 atom stereocenters. The summed E-state index contributed by atoms with van der Waals surface area (Å²) in [6, 6.07) is 0.643. The van der Waals surface area contributed by atoms with Crippen molar-refractivity contribution in [3.8, 4) is 0 Å². The number of nitrogens with one attached hydrogen (secondary N) is 1. The summed E-state index contributed by atoms with van der Waals surface area (Å²) in [6.07, 6.45) is 8.01. The highest BCUT2D eigenvalue weighted by Crippen LogP contribution is 2.27. The van der Waals surface area contributed by atoms with E-state index in [0.717, 1.165) is 0 Å². The molecule has 0 aliphatic rings. The van der Waals surface area contributed by atoms with Gasteiger partial charge in [-0.25, -0.2) is 0 Å². The van der Waals surface area contributed by atoms with E-state index in [9.17, 15) is 0 Å². The highest BCUT2D eigenvalue weighted by atomic mass is 15.0. The topological polar surface area (TPSA) is 12.0 Å². The van der Waals surface area contributed by atoms with Gasteiger partial charge < -0.3 is 5.32 Å². The first kappa shape index (κ1) is 17.0. The van der Waals surface area contributed by atoms with E-state index in [4.69, 9.17) is 0 Å². The van der Waals surface area contributed by atoms with Gasteiger partial charge in [0.05, 0.1) is 0 Å². The van der Waals surface area contributed by atoms with Gasteiger partial charge in [-0.1, -0.05) is 53.4 Å². The zero-order valence-electron chi connectivity index (χ0n) is 13.3. The van der Waals surface area contributed by atoms with Crippen molar-refractivity contribution < 1.29 is 0 Å². The predicted octanol–water partition coefficient (Wildman–Crippen LogP) is 5.15. The Labute approximate surface area is 110 Å². The second-order valence-electron chi connectivity index (χ2n) is 7.52. The molecule has 0 heterocycles. The van der Waals surface area contributed by atoms with Crippen LogP contribution in [0.4, 0.5) is 0 Å². The standard InChI is InChI=1S/C16H35N/c1-8-9-10-11-12-14(2)17-16(6,7)13-15(3,4)5/h14,17H,8-13H2,1-7H3. The second-order valence-corrected chi connectivity index (χ2v) is 7.52. The van der Waals surface area contributed by atoms with Gasteiger partial charge in [0.2, 0.25) is 0 Å². The predicted molar refractivity (Wildman–Crippen MR) is 79.5 cm³/mol. The Morgan fingerprint density at radius 2 is 1.53 bits per heavy atom. The Bertz CT molecular complexity index is 188.